The highest BCUT2D eigenvalue weighted by Gasteiger charge is 2.33. The van der Waals surface area contributed by atoms with Crippen molar-refractivity contribution in [3.8, 4) is 5.75 Å². The first-order valence-corrected chi connectivity index (χ1v) is 7.73. The van der Waals surface area contributed by atoms with Crippen LogP contribution in [0, 0.1) is 0 Å². The van der Waals surface area contributed by atoms with Crippen LogP contribution in [-0.4, -0.2) is 24.3 Å². The Morgan fingerprint density at radius 1 is 1.22 bits per heavy atom. The van der Waals surface area contributed by atoms with Crippen LogP contribution in [0.15, 0.2) is 48.5 Å². The predicted molar refractivity (Wildman–Crippen MR) is 89.0 cm³/mol. The molecule has 1 aliphatic heterocycles. The first-order chi connectivity index (χ1) is 11.1. The minimum absolute atomic E-state index is 0.0538. The molecule has 3 rings (SSSR count). The van der Waals surface area contributed by atoms with Gasteiger partial charge in [-0.15, -0.1) is 0 Å². The van der Waals surface area contributed by atoms with Crippen LogP contribution in [0.3, 0.4) is 0 Å². The molecule has 0 bridgehead atoms. The maximum absolute atomic E-state index is 12.8. The van der Waals surface area contributed by atoms with Gasteiger partial charge < -0.3 is 9.64 Å². The van der Waals surface area contributed by atoms with Gasteiger partial charge in [0.1, 0.15) is 12.0 Å². The number of benzene rings is 2. The Hall–Kier alpha value is -2.62. The Labute approximate surface area is 135 Å². The molecular weight excluding hydrogens is 290 g/mol. The Morgan fingerprint density at radius 3 is 2.61 bits per heavy atom. The van der Waals surface area contributed by atoms with Gasteiger partial charge in [-0.25, -0.2) is 0 Å². The predicted octanol–water partition coefficient (Wildman–Crippen LogP) is 3.24. The normalized spacial score (nSPS) is 17.5. The van der Waals surface area contributed by atoms with Gasteiger partial charge in [-0.2, -0.15) is 0 Å². The summed E-state index contributed by atoms with van der Waals surface area (Å²) in [5.41, 5.74) is 2.74. The summed E-state index contributed by atoms with van der Waals surface area (Å²) in [7, 11) is 0. The number of ether oxygens (including phenoxy) is 1. The fourth-order valence-electron chi connectivity index (χ4n) is 2.98. The third-order valence-electron chi connectivity index (χ3n) is 4.12. The van der Waals surface area contributed by atoms with Gasteiger partial charge in [0.2, 0.25) is 0 Å². The van der Waals surface area contributed by atoms with Gasteiger partial charge in [0.05, 0.1) is 0 Å². The van der Waals surface area contributed by atoms with Crippen molar-refractivity contribution in [2.75, 3.05) is 4.90 Å². The van der Waals surface area contributed by atoms with Crippen LogP contribution >= 0.6 is 0 Å². The SMILES string of the molecule is CC(Oc1ccc(C=O)cc1)C(=O)N1c2ccccc2CC1C. The number of aldehydes is 1. The average molecular weight is 309 g/mol. The average Bonchev–Trinajstić information content (AvgIpc) is 2.90. The van der Waals surface area contributed by atoms with E-state index in [1.807, 2.05) is 30.0 Å². The second-order valence-electron chi connectivity index (χ2n) is 5.84. The van der Waals surface area contributed by atoms with Gasteiger partial charge in [-0.1, -0.05) is 18.2 Å². The lowest BCUT2D eigenvalue weighted by Gasteiger charge is -2.26. The third-order valence-corrected chi connectivity index (χ3v) is 4.12. The molecule has 1 heterocycles. The second-order valence-corrected chi connectivity index (χ2v) is 5.84. The maximum Gasteiger partial charge on any atom is 0.268 e. The van der Waals surface area contributed by atoms with Gasteiger partial charge in [0.15, 0.2) is 6.10 Å². The Kier molecular flexibility index (Phi) is 4.15. The molecule has 0 fully saturated rings. The van der Waals surface area contributed by atoms with Crippen molar-refractivity contribution < 1.29 is 14.3 Å². The van der Waals surface area contributed by atoms with E-state index in [0.717, 1.165) is 18.4 Å². The third kappa shape index (κ3) is 2.97. The van der Waals surface area contributed by atoms with Crippen molar-refractivity contribution in [2.24, 2.45) is 0 Å². The number of fused-ring (bicyclic) bond motifs is 1. The zero-order valence-electron chi connectivity index (χ0n) is 13.2. The minimum atomic E-state index is -0.592. The van der Waals surface area contributed by atoms with E-state index in [-0.39, 0.29) is 11.9 Å². The summed E-state index contributed by atoms with van der Waals surface area (Å²) < 4.78 is 5.74. The molecule has 2 unspecified atom stereocenters. The first kappa shape index (κ1) is 15.3. The highest BCUT2D eigenvalue weighted by atomic mass is 16.5. The van der Waals surface area contributed by atoms with Crippen LogP contribution in [0.2, 0.25) is 0 Å². The van der Waals surface area contributed by atoms with Crippen LogP contribution in [-0.2, 0) is 11.2 Å². The molecule has 0 radical (unpaired) electrons. The lowest BCUT2D eigenvalue weighted by molar-refractivity contribution is -0.124. The fraction of sp³-hybridized carbons (Fsp3) is 0.263. The lowest BCUT2D eigenvalue weighted by Crippen LogP contribution is -2.43. The molecule has 1 amide bonds. The van der Waals surface area contributed by atoms with Crippen molar-refractivity contribution in [3.63, 3.8) is 0 Å². The summed E-state index contributed by atoms with van der Waals surface area (Å²) in [5, 5.41) is 0. The summed E-state index contributed by atoms with van der Waals surface area (Å²) >= 11 is 0. The van der Waals surface area contributed by atoms with Crippen LogP contribution in [0.1, 0.15) is 29.8 Å². The molecule has 118 valence electrons. The molecule has 0 N–H and O–H groups in total. The molecule has 1 aliphatic rings. The van der Waals surface area contributed by atoms with Gasteiger partial charge in [-0.3, -0.25) is 9.59 Å². The molecule has 0 saturated carbocycles. The van der Waals surface area contributed by atoms with Crippen LogP contribution < -0.4 is 9.64 Å². The van der Waals surface area contributed by atoms with E-state index in [0.29, 0.717) is 11.3 Å². The fourth-order valence-corrected chi connectivity index (χ4v) is 2.98. The number of para-hydroxylation sites is 1. The number of nitrogens with zero attached hydrogens (tertiary/aromatic N) is 1. The van der Waals surface area contributed by atoms with Gasteiger partial charge in [0, 0.05) is 17.3 Å². The number of amides is 1. The van der Waals surface area contributed by atoms with E-state index in [1.54, 1.807) is 31.2 Å². The maximum atomic E-state index is 12.8. The Bertz CT molecular complexity index is 724. The van der Waals surface area contributed by atoms with Gasteiger partial charge in [-0.05, 0) is 56.2 Å². The number of anilines is 1. The van der Waals surface area contributed by atoms with E-state index in [9.17, 15) is 9.59 Å². The van der Waals surface area contributed by atoms with Crippen molar-refractivity contribution in [3.05, 3.63) is 59.7 Å². The molecule has 23 heavy (non-hydrogen) atoms. The molecule has 4 nitrogen and oxygen atoms in total. The highest BCUT2D eigenvalue weighted by Crippen LogP contribution is 2.32. The van der Waals surface area contributed by atoms with E-state index in [2.05, 4.69) is 6.07 Å². The van der Waals surface area contributed by atoms with Gasteiger partial charge >= 0.3 is 0 Å². The molecule has 0 saturated heterocycles. The molecule has 0 spiro atoms. The molecule has 0 aliphatic carbocycles. The summed E-state index contributed by atoms with van der Waals surface area (Å²) in [6.07, 6.45) is 1.05. The number of rotatable bonds is 4. The monoisotopic (exact) mass is 309 g/mol. The number of carbonyl (C=O) groups excluding carboxylic acids is 2. The number of hydrogen-bond donors (Lipinski definition) is 0. The van der Waals surface area contributed by atoms with Crippen molar-refractivity contribution in [1.82, 2.24) is 0 Å². The highest BCUT2D eigenvalue weighted by molar-refractivity contribution is 5.99. The topological polar surface area (TPSA) is 46.6 Å². The number of carbonyl (C=O) groups is 2. The summed E-state index contributed by atoms with van der Waals surface area (Å²) in [6, 6.07) is 14.9. The zero-order valence-corrected chi connectivity index (χ0v) is 13.2. The minimum Gasteiger partial charge on any atom is -0.481 e. The molecule has 2 atom stereocenters. The van der Waals surface area contributed by atoms with E-state index < -0.39 is 6.10 Å². The largest absolute Gasteiger partial charge is 0.481 e. The summed E-state index contributed by atoms with van der Waals surface area (Å²) in [5.74, 6) is 0.526. The van der Waals surface area contributed by atoms with Crippen LogP contribution in [0.25, 0.3) is 0 Å². The molecule has 0 aromatic heterocycles. The van der Waals surface area contributed by atoms with Crippen LogP contribution in [0.5, 0.6) is 5.75 Å². The van der Waals surface area contributed by atoms with E-state index in [4.69, 9.17) is 4.74 Å². The quantitative estimate of drug-likeness (QED) is 0.815. The molecule has 2 aromatic carbocycles. The zero-order chi connectivity index (χ0) is 16.4. The summed E-state index contributed by atoms with van der Waals surface area (Å²) in [6.45, 7) is 3.80. The van der Waals surface area contributed by atoms with Crippen molar-refractivity contribution >= 4 is 17.9 Å². The van der Waals surface area contributed by atoms with E-state index in [1.165, 1.54) is 5.56 Å². The van der Waals surface area contributed by atoms with Gasteiger partial charge in [0.25, 0.3) is 5.91 Å². The van der Waals surface area contributed by atoms with Crippen LogP contribution in [0.4, 0.5) is 5.69 Å². The van der Waals surface area contributed by atoms with E-state index >= 15 is 0 Å². The molecular formula is C19H19NO3. The Balaban J connectivity index is 1.75. The number of hydrogen-bond acceptors (Lipinski definition) is 3. The summed E-state index contributed by atoms with van der Waals surface area (Å²) in [4.78, 5) is 25.3. The molecule has 4 heteroatoms. The first-order valence-electron chi connectivity index (χ1n) is 7.73. The Morgan fingerprint density at radius 2 is 1.91 bits per heavy atom. The molecule has 2 aromatic rings. The lowest BCUT2D eigenvalue weighted by atomic mass is 10.1. The second kappa shape index (κ2) is 6.24. The van der Waals surface area contributed by atoms with Crippen molar-refractivity contribution in [2.45, 2.75) is 32.4 Å². The van der Waals surface area contributed by atoms with Crippen molar-refractivity contribution in [1.29, 1.82) is 0 Å². The smallest absolute Gasteiger partial charge is 0.268 e. The standard InChI is InChI=1S/C19H19NO3/c1-13-11-16-5-3-4-6-18(16)20(13)19(22)14(2)23-17-9-7-15(12-21)8-10-17/h3-10,12-14H,11H2,1-2H3.